The van der Waals surface area contributed by atoms with Gasteiger partial charge in [0.1, 0.15) is 0 Å². The van der Waals surface area contributed by atoms with E-state index in [1.54, 1.807) is 12.0 Å². The van der Waals surface area contributed by atoms with Crippen molar-refractivity contribution < 1.29 is 0 Å². The minimum atomic E-state index is 0.940. The molecule has 0 nitrogen and oxygen atoms in total. The maximum Gasteiger partial charge on any atom is -0.0152 e. The average molecular weight is 361 g/mol. The van der Waals surface area contributed by atoms with Gasteiger partial charge in [-0.3, -0.25) is 0 Å². The van der Waals surface area contributed by atoms with Crippen LogP contribution in [0.25, 0.3) is 10.8 Å². The molecule has 27 heavy (non-hydrogen) atoms. The number of hydrogen-bond acceptors (Lipinski definition) is 0. The lowest BCUT2D eigenvalue weighted by Gasteiger charge is -2.37. The molecule has 4 aliphatic carbocycles. The van der Waals surface area contributed by atoms with Crippen LogP contribution in [0, 0.1) is 41.4 Å². The van der Waals surface area contributed by atoms with Crippen LogP contribution in [0.2, 0.25) is 0 Å². The van der Waals surface area contributed by atoms with Gasteiger partial charge in [0.2, 0.25) is 0 Å². The second kappa shape index (κ2) is 7.82. The molecule has 0 aromatic heterocycles. The Balaban J connectivity index is 0.000000425. The van der Waals surface area contributed by atoms with E-state index in [2.05, 4.69) is 54.6 Å². The summed E-state index contributed by atoms with van der Waals surface area (Å²) in [5.74, 6) is 7.02. The maximum absolute atomic E-state index is 2.57. The fourth-order valence-corrected chi connectivity index (χ4v) is 7.14. The summed E-state index contributed by atoms with van der Waals surface area (Å²) in [7, 11) is 0. The van der Waals surface area contributed by atoms with E-state index in [1.807, 2.05) is 27.7 Å². The molecule has 4 bridgehead atoms. The quantitative estimate of drug-likeness (QED) is 0.383. The molecule has 0 amide bonds. The van der Waals surface area contributed by atoms with E-state index in [0.717, 1.165) is 41.4 Å². The zero-order valence-electron chi connectivity index (χ0n) is 17.6. The topological polar surface area (TPSA) is 0 Å². The minimum Gasteiger partial charge on any atom is -0.0848 e. The number of fused-ring (bicyclic) bond motifs is 10. The fraction of sp³-hybridized carbons (Fsp3) is 0.556. The summed E-state index contributed by atoms with van der Waals surface area (Å²) in [4.78, 5) is 0. The summed E-state index contributed by atoms with van der Waals surface area (Å²) >= 11 is 0. The smallest absolute Gasteiger partial charge is 0.0152 e. The van der Waals surface area contributed by atoms with Crippen molar-refractivity contribution in [1.82, 2.24) is 0 Å². The van der Waals surface area contributed by atoms with Crippen molar-refractivity contribution in [2.45, 2.75) is 53.4 Å². The van der Waals surface area contributed by atoms with Crippen LogP contribution in [0.3, 0.4) is 0 Å². The van der Waals surface area contributed by atoms with Gasteiger partial charge in [0, 0.05) is 0 Å². The van der Waals surface area contributed by atoms with E-state index in [0.29, 0.717) is 0 Å². The molecule has 0 aliphatic heterocycles. The van der Waals surface area contributed by atoms with Crippen molar-refractivity contribution in [2.24, 2.45) is 41.4 Å². The molecular weight excluding hydrogens is 324 g/mol. The van der Waals surface area contributed by atoms with Crippen molar-refractivity contribution in [3.63, 3.8) is 0 Å². The Kier molecular flexibility index (Phi) is 5.44. The van der Waals surface area contributed by atoms with Gasteiger partial charge in [-0.25, -0.2) is 0 Å². The molecular formula is C27H36. The summed E-state index contributed by atoms with van der Waals surface area (Å²) in [6.07, 6.45) is 11.0. The zero-order chi connectivity index (χ0) is 19.0. The van der Waals surface area contributed by atoms with Crippen LogP contribution < -0.4 is 0 Å². The molecule has 0 N–H and O–H groups in total. The molecule has 2 aromatic carbocycles. The second-order valence-electron chi connectivity index (χ2n) is 8.60. The molecule has 3 saturated carbocycles. The lowest BCUT2D eigenvalue weighted by molar-refractivity contribution is 0.150. The Morgan fingerprint density at radius 1 is 0.741 bits per heavy atom. The molecule has 0 heterocycles. The first-order chi connectivity index (χ1) is 13.4. The molecule has 0 heteroatoms. The van der Waals surface area contributed by atoms with E-state index in [-0.39, 0.29) is 0 Å². The van der Waals surface area contributed by atoms with Crippen molar-refractivity contribution in [1.29, 1.82) is 0 Å². The maximum atomic E-state index is 2.57. The Hall–Kier alpha value is -1.56. The highest BCUT2D eigenvalue weighted by Gasteiger charge is 2.60. The third-order valence-corrected chi connectivity index (χ3v) is 7.77. The third-order valence-electron chi connectivity index (χ3n) is 7.77. The highest BCUT2D eigenvalue weighted by molar-refractivity contribution is 5.85. The monoisotopic (exact) mass is 360 g/mol. The highest BCUT2D eigenvalue weighted by Crippen LogP contribution is 2.67. The molecule has 0 radical (unpaired) electrons. The van der Waals surface area contributed by atoms with Crippen molar-refractivity contribution in [2.75, 3.05) is 0 Å². The summed E-state index contributed by atoms with van der Waals surface area (Å²) in [5.41, 5.74) is 1.59. The number of hydrogen-bond donors (Lipinski definition) is 0. The van der Waals surface area contributed by atoms with Crippen molar-refractivity contribution >= 4 is 10.8 Å². The normalized spacial score (nSPS) is 36.8. The van der Waals surface area contributed by atoms with Gasteiger partial charge in [-0.2, -0.15) is 0 Å². The van der Waals surface area contributed by atoms with Gasteiger partial charge in [-0.05, 0) is 83.4 Å². The Morgan fingerprint density at radius 3 is 2.26 bits per heavy atom. The summed E-state index contributed by atoms with van der Waals surface area (Å²) in [6, 6.07) is 15.8. The van der Waals surface area contributed by atoms with Gasteiger partial charge < -0.3 is 0 Å². The Bertz CT molecular complexity index is 795. The van der Waals surface area contributed by atoms with E-state index in [4.69, 9.17) is 0 Å². The van der Waals surface area contributed by atoms with Gasteiger partial charge in [0.15, 0.2) is 0 Å². The molecule has 3 fully saturated rings. The first-order valence-corrected chi connectivity index (χ1v) is 11.5. The van der Waals surface area contributed by atoms with Gasteiger partial charge in [-0.1, -0.05) is 82.3 Å². The van der Waals surface area contributed by atoms with Crippen LogP contribution in [0.4, 0.5) is 0 Å². The van der Waals surface area contributed by atoms with Crippen LogP contribution in [0.1, 0.15) is 52.5 Å². The van der Waals surface area contributed by atoms with Crippen LogP contribution in [-0.2, 0) is 6.42 Å². The fourth-order valence-electron chi connectivity index (χ4n) is 7.14. The van der Waals surface area contributed by atoms with E-state index in [9.17, 15) is 0 Å². The third kappa shape index (κ3) is 2.96. The van der Waals surface area contributed by atoms with Gasteiger partial charge >= 0.3 is 0 Å². The number of rotatable bonds is 2. The first-order valence-electron chi connectivity index (χ1n) is 11.5. The molecule has 7 unspecified atom stereocenters. The van der Waals surface area contributed by atoms with Crippen LogP contribution in [0.5, 0.6) is 0 Å². The molecule has 2 aromatic rings. The SMILES string of the molecule is C1=CC2CC1C1C3CC(Cc4cccc5ccccc45)C(C3)C21.CC.CC. The van der Waals surface area contributed by atoms with E-state index >= 15 is 0 Å². The molecule has 0 saturated heterocycles. The summed E-state index contributed by atoms with van der Waals surface area (Å²) in [5, 5.41) is 2.90. The van der Waals surface area contributed by atoms with E-state index < -0.39 is 0 Å². The standard InChI is InChI=1S/C23H24.2C2H6/c1-2-7-20-14(4-1)5-3-6-15(20)10-18-12-19-13-21(18)23-17-9-8-16(11-17)22(19)23;2*1-2/h1-9,16-19,21-23H,10-13H2;2*1-2H3. The van der Waals surface area contributed by atoms with Crippen molar-refractivity contribution in [3.05, 3.63) is 60.2 Å². The van der Waals surface area contributed by atoms with Gasteiger partial charge in [0.05, 0.1) is 0 Å². The largest absolute Gasteiger partial charge is 0.0848 e. The predicted molar refractivity (Wildman–Crippen MR) is 118 cm³/mol. The lowest BCUT2D eigenvalue weighted by atomic mass is 9.68. The molecule has 0 spiro atoms. The predicted octanol–water partition coefficient (Wildman–Crippen LogP) is 7.53. The van der Waals surface area contributed by atoms with Gasteiger partial charge in [0.25, 0.3) is 0 Å². The number of allylic oxidation sites excluding steroid dienone is 2. The lowest BCUT2D eigenvalue weighted by Crippen LogP contribution is -2.31. The summed E-state index contributed by atoms with van der Waals surface area (Å²) in [6.45, 7) is 8.00. The molecule has 6 rings (SSSR count). The van der Waals surface area contributed by atoms with Crippen LogP contribution in [0.15, 0.2) is 54.6 Å². The van der Waals surface area contributed by atoms with Gasteiger partial charge in [-0.15, -0.1) is 0 Å². The summed E-state index contributed by atoms with van der Waals surface area (Å²) < 4.78 is 0. The van der Waals surface area contributed by atoms with Crippen LogP contribution in [-0.4, -0.2) is 0 Å². The highest BCUT2D eigenvalue weighted by atomic mass is 14.6. The molecule has 4 aliphatic rings. The van der Waals surface area contributed by atoms with Crippen molar-refractivity contribution in [3.8, 4) is 0 Å². The minimum absolute atomic E-state index is 0.940. The Labute approximate surface area is 166 Å². The number of benzene rings is 2. The van der Waals surface area contributed by atoms with Crippen LogP contribution >= 0.6 is 0 Å². The average Bonchev–Trinajstić information content (AvgIpc) is 3.51. The molecule has 7 atom stereocenters. The van der Waals surface area contributed by atoms with E-state index in [1.165, 1.54) is 30.0 Å². The Morgan fingerprint density at radius 2 is 1.44 bits per heavy atom. The molecule has 144 valence electrons. The zero-order valence-corrected chi connectivity index (χ0v) is 17.6. The second-order valence-corrected chi connectivity index (χ2v) is 8.60. The first kappa shape index (κ1) is 18.8.